The van der Waals surface area contributed by atoms with Crippen LogP contribution in [0.1, 0.15) is 37.7 Å². The average molecular weight is 487 g/mol. The molecule has 5 rings (SSSR count). The molecular weight excluding hydrogens is 456 g/mol. The molecular formula is C27H30N6O3. The zero-order valence-electron chi connectivity index (χ0n) is 20.7. The van der Waals surface area contributed by atoms with Gasteiger partial charge < -0.3 is 20.1 Å². The van der Waals surface area contributed by atoms with Crippen molar-refractivity contribution in [1.82, 2.24) is 24.8 Å². The van der Waals surface area contributed by atoms with Crippen molar-refractivity contribution in [2.24, 2.45) is 0 Å². The van der Waals surface area contributed by atoms with E-state index in [-0.39, 0.29) is 0 Å². The Bertz CT molecular complexity index is 1390. The van der Waals surface area contributed by atoms with Gasteiger partial charge in [0.2, 0.25) is 5.95 Å². The molecule has 9 heteroatoms. The highest BCUT2D eigenvalue weighted by molar-refractivity contribution is 5.86. The van der Waals surface area contributed by atoms with Crippen molar-refractivity contribution < 1.29 is 14.3 Å². The first-order valence-electron chi connectivity index (χ1n) is 12.1. The minimum Gasteiger partial charge on any atom is -0.444 e. The van der Waals surface area contributed by atoms with Crippen molar-refractivity contribution in [1.29, 1.82) is 0 Å². The zero-order chi connectivity index (χ0) is 25.1. The van der Waals surface area contributed by atoms with E-state index in [1.807, 2.05) is 49.7 Å². The summed E-state index contributed by atoms with van der Waals surface area (Å²) in [6.07, 6.45) is 4.43. The number of benzene rings is 2. The van der Waals surface area contributed by atoms with E-state index in [4.69, 9.17) is 19.4 Å². The van der Waals surface area contributed by atoms with E-state index in [9.17, 15) is 4.79 Å². The van der Waals surface area contributed by atoms with Crippen LogP contribution in [-0.4, -0.2) is 44.4 Å². The van der Waals surface area contributed by atoms with Gasteiger partial charge in [0.15, 0.2) is 0 Å². The van der Waals surface area contributed by atoms with Crippen molar-refractivity contribution in [3.63, 3.8) is 0 Å². The van der Waals surface area contributed by atoms with Crippen LogP contribution in [0.5, 0.6) is 0 Å². The van der Waals surface area contributed by atoms with Crippen LogP contribution in [0, 0.1) is 0 Å². The van der Waals surface area contributed by atoms with Crippen LogP contribution in [0.25, 0.3) is 16.7 Å². The van der Waals surface area contributed by atoms with Crippen molar-refractivity contribution in [2.45, 2.75) is 45.8 Å². The number of hydrogen-bond acceptors (Lipinski definition) is 7. The third-order valence-electron chi connectivity index (χ3n) is 5.74. The highest BCUT2D eigenvalue weighted by atomic mass is 16.6. The van der Waals surface area contributed by atoms with Gasteiger partial charge in [-0.3, -0.25) is 4.57 Å². The quantitative estimate of drug-likeness (QED) is 0.407. The smallest absolute Gasteiger partial charge is 0.407 e. The lowest BCUT2D eigenvalue weighted by atomic mass is 10.1. The molecule has 0 aliphatic carbocycles. The van der Waals surface area contributed by atoms with Gasteiger partial charge in [0.1, 0.15) is 17.7 Å². The molecule has 0 atom stereocenters. The van der Waals surface area contributed by atoms with Gasteiger partial charge in [-0.15, -0.1) is 0 Å². The van der Waals surface area contributed by atoms with Gasteiger partial charge >= 0.3 is 6.09 Å². The number of nitrogens with one attached hydrogen (secondary N) is 2. The minimum absolute atomic E-state index is 0.420. The number of alkyl carbamates (subject to hydrolysis) is 1. The van der Waals surface area contributed by atoms with Gasteiger partial charge in [0, 0.05) is 36.8 Å². The molecule has 4 aromatic rings. The Morgan fingerprint density at radius 1 is 1.14 bits per heavy atom. The van der Waals surface area contributed by atoms with Crippen LogP contribution in [0.3, 0.4) is 0 Å². The van der Waals surface area contributed by atoms with Crippen molar-refractivity contribution >= 4 is 28.4 Å². The number of ether oxygens (including phenoxy) is 2. The Kier molecular flexibility index (Phi) is 6.56. The van der Waals surface area contributed by atoms with Crippen molar-refractivity contribution in [3.8, 4) is 5.95 Å². The molecule has 3 heterocycles. The average Bonchev–Trinajstić information content (AvgIpc) is 3.32. The lowest BCUT2D eigenvalue weighted by Gasteiger charge is -2.20. The molecule has 0 unspecified atom stereocenters. The van der Waals surface area contributed by atoms with Crippen LogP contribution < -0.4 is 10.6 Å². The fourth-order valence-electron chi connectivity index (χ4n) is 4.05. The topological polar surface area (TPSA) is 103 Å². The van der Waals surface area contributed by atoms with E-state index in [2.05, 4.69) is 39.9 Å². The second-order valence-corrected chi connectivity index (χ2v) is 9.74. The number of carbonyl (C=O) groups excluding carboxylic acids is 1. The number of hydrogen-bond donors (Lipinski definition) is 2. The first-order chi connectivity index (χ1) is 17.3. The molecule has 2 aromatic carbocycles. The summed E-state index contributed by atoms with van der Waals surface area (Å²) < 4.78 is 12.8. The van der Waals surface area contributed by atoms with E-state index in [0.29, 0.717) is 32.1 Å². The number of nitrogens with zero attached hydrogens (tertiary/aromatic N) is 4. The molecule has 0 radical (unpaired) electrons. The summed E-state index contributed by atoms with van der Waals surface area (Å²) in [4.78, 5) is 26.0. The normalized spacial score (nSPS) is 13.3. The summed E-state index contributed by atoms with van der Waals surface area (Å²) in [5.74, 6) is 1.27. The highest BCUT2D eigenvalue weighted by Crippen LogP contribution is 2.28. The van der Waals surface area contributed by atoms with Crippen LogP contribution >= 0.6 is 0 Å². The summed E-state index contributed by atoms with van der Waals surface area (Å²) in [6, 6.07) is 14.5. The number of aromatic nitrogens is 4. The van der Waals surface area contributed by atoms with E-state index < -0.39 is 11.7 Å². The second kappa shape index (κ2) is 9.94. The molecule has 0 bridgehead atoms. The summed E-state index contributed by atoms with van der Waals surface area (Å²) in [5, 5.41) is 8.58. The fraction of sp³-hybridized carbons (Fsp3) is 0.333. The third-order valence-corrected chi connectivity index (χ3v) is 5.74. The first-order valence-corrected chi connectivity index (χ1v) is 12.1. The predicted octanol–water partition coefficient (Wildman–Crippen LogP) is 4.70. The van der Waals surface area contributed by atoms with Gasteiger partial charge in [-0.25, -0.2) is 14.8 Å². The number of amides is 1. The maximum atomic E-state index is 11.9. The Balaban J connectivity index is 1.34. The fourth-order valence-corrected chi connectivity index (χ4v) is 4.05. The zero-order valence-corrected chi connectivity index (χ0v) is 20.7. The van der Waals surface area contributed by atoms with Gasteiger partial charge in [-0.05, 0) is 43.7 Å². The Hall–Kier alpha value is -3.98. The summed E-state index contributed by atoms with van der Waals surface area (Å²) in [7, 11) is 0. The molecule has 36 heavy (non-hydrogen) atoms. The summed E-state index contributed by atoms with van der Waals surface area (Å²) >= 11 is 0. The van der Waals surface area contributed by atoms with E-state index in [0.717, 1.165) is 40.3 Å². The van der Waals surface area contributed by atoms with E-state index in [1.165, 1.54) is 5.39 Å². The molecule has 0 saturated carbocycles. The minimum atomic E-state index is -0.529. The molecule has 1 amide bonds. The summed E-state index contributed by atoms with van der Waals surface area (Å²) in [6.45, 7) is 7.02. The number of carbonyl (C=O) groups is 1. The Morgan fingerprint density at radius 3 is 2.81 bits per heavy atom. The molecule has 9 nitrogen and oxygen atoms in total. The van der Waals surface area contributed by atoms with Crippen LogP contribution in [-0.2, 0) is 28.9 Å². The number of anilines is 2. The Labute approximate surface area is 209 Å². The standard InChI is InChI=1S/C27H30N6O3/c1-27(2,3)36-26(34)28-12-10-21-15-33(17-29-21)25-31-23-11-13-35-16-22(23)24(32-25)30-20-9-8-18-6-4-5-7-19(18)14-20/h4-9,14-15,17H,10-13,16H2,1-3H3,(H,28,34)(H,30,31,32). The molecule has 1 aliphatic rings. The van der Waals surface area contributed by atoms with Gasteiger partial charge in [0.05, 0.1) is 24.6 Å². The van der Waals surface area contributed by atoms with Crippen LogP contribution in [0.15, 0.2) is 55.0 Å². The molecule has 186 valence electrons. The largest absolute Gasteiger partial charge is 0.444 e. The van der Waals surface area contributed by atoms with Gasteiger partial charge in [-0.2, -0.15) is 4.98 Å². The van der Waals surface area contributed by atoms with Crippen LogP contribution in [0.2, 0.25) is 0 Å². The van der Waals surface area contributed by atoms with E-state index in [1.54, 1.807) is 6.33 Å². The maximum absolute atomic E-state index is 11.9. The predicted molar refractivity (Wildman–Crippen MR) is 138 cm³/mol. The SMILES string of the molecule is CC(C)(C)OC(=O)NCCc1cn(-c2nc3c(c(Nc4ccc5ccccc5c4)n2)COCC3)cn1. The molecule has 2 N–H and O–H groups in total. The van der Waals surface area contributed by atoms with Gasteiger partial charge in [0.25, 0.3) is 0 Å². The number of rotatable bonds is 6. The molecule has 0 saturated heterocycles. The highest BCUT2D eigenvalue weighted by Gasteiger charge is 2.20. The first kappa shape index (κ1) is 23.7. The van der Waals surface area contributed by atoms with Crippen LogP contribution in [0.4, 0.5) is 16.3 Å². The molecule has 0 spiro atoms. The van der Waals surface area contributed by atoms with Crippen molar-refractivity contribution in [2.75, 3.05) is 18.5 Å². The monoisotopic (exact) mass is 486 g/mol. The third kappa shape index (κ3) is 5.63. The van der Waals surface area contributed by atoms with Gasteiger partial charge in [-0.1, -0.05) is 30.3 Å². The Morgan fingerprint density at radius 2 is 1.97 bits per heavy atom. The number of fused-ring (bicyclic) bond motifs is 2. The second-order valence-electron chi connectivity index (χ2n) is 9.74. The molecule has 2 aromatic heterocycles. The maximum Gasteiger partial charge on any atom is 0.407 e. The lowest BCUT2D eigenvalue weighted by molar-refractivity contribution is 0.0528. The van der Waals surface area contributed by atoms with E-state index >= 15 is 0 Å². The lowest BCUT2D eigenvalue weighted by Crippen LogP contribution is -2.33. The summed E-state index contributed by atoms with van der Waals surface area (Å²) in [5.41, 5.74) is 3.18. The molecule has 0 fully saturated rings. The van der Waals surface area contributed by atoms with Crippen molar-refractivity contribution in [3.05, 3.63) is 71.9 Å². The number of imidazole rings is 1. The molecule has 1 aliphatic heterocycles.